The van der Waals surface area contributed by atoms with Gasteiger partial charge >= 0.3 is 0 Å². The zero-order chi connectivity index (χ0) is 12.6. The van der Waals surface area contributed by atoms with Gasteiger partial charge in [-0.25, -0.2) is 0 Å². The smallest absolute Gasteiger partial charge is 0.0496 e. The molecule has 0 bridgehead atoms. The topological polar surface area (TPSA) is 15.3 Å². The Labute approximate surface area is 104 Å². The fraction of sp³-hybridized carbons (Fsp3) is 0.467. The zero-order valence-electron chi connectivity index (χ0n) is 11.4. The molecule has 0 saturated carbocycles. The predicted octanol–water partition coefficient (Wildman–Crippen LogP) is 3.61. The molecule has 1 aliphatic heterocycles. The summed E-state index contributed by atoms with van der Waals surface area (Å²) < 4.78 is 0. The minimum Gasteiger partial charge on any atom is -0.378 e. The Bertz CT molecular complexity index is 439. The molecule has 17 heavy (non-hydrogen) atoms. The molecule has 2 rings (SSSR count). The first kappa shape index (κ1) is 12.0. The third kappa shape index (κ3) is 2.31. The molecule has 1 heterocycles. The lowest BCUT2D eigenvalue weighted by Crippen LogP contribution is -2.33. The van der Waals surface area contributed by atoms with Gasteiger partial charge in [0.2, 0.25) is 0 Å². The minimum atomic E-state index is 0.238. The van der Waals surface area contributed by atoms with Crippen LogP contribution in [0.25, 0.3) is 6.08 Å². The quantitative estimate of drug-likeness (QED) is 0.793. The molecule has 2 nitrogen and oxygen atoms in total. The highest BCUT2D eigenvalue weighted by Gasteiger charge is 2.25. The van der Waals surface area contributed by atoms with Gasteiger partial charge in [-0.15, -0.1) is 0 Å². The van der Waals surface area contributed by atoms with Gasteiger partial charge in [-0.2, -0.15) is 0 Å². The second-order valence-electron chi connectivity index (χ2n) is 5.98. The van der Waals surface area contributed by atoms with E-state index in [1.54, 1.807) is 0 Å². The van der Waals surface area contributed by atoms with E-state index in [0.717, 1.165) is 0 Å². The third-order valence-corrected chi connectivity index (χ3v) is 3.26. The van der Waals surface area contributed by atoms with Crippen LogP contribution >= 0.6 is 0 Å². The number of rotatable bonds is 1. The van der Waals surface area contributed by atoms with Crippen molar-refractivity contribution < 1.29 is 0 Å². The molecule has 0 saturated heterocycles. The van der Waals surface area contributed by atoms with Crippen molar-refractivity contribution in [3.05, 3.63) is 29.8 Å². The molecule has 0 fully saturated rings. The van der Waals surface area contributed by atoms with Gasteiger partial charge in [0.15, 0.2) is 0 Å². The fourth-order valence-corrected chi connectivity index (χ4v) is 2.16. The number of hydrogen-bond donors (Lipinski definition) is 1. The first-order valence-corrected chi connectivity index (χ1v) is 6.14. The summed E-state index contributed by atoms with van der Waals surface area (Å²) in [6.07, 6.45) is 4.52. The Morgan fingerprint density at radius 3 is 2.47 bits per heavy atom. The number of fused-ring (bicyclic) bond motifs is 1. The summed E-state index contributed by atoms with van der Waals surface area (Å²) in [5.74, 6) is 0. The molecule has 2 heteroatoms. The van der Waals surface area contributed by atoms with Crippen molar-refractivity contribution in [3.8, 4) is 0 Å². The van der Waals surface area contributed by atoms with E-state index in [1.165, 1.54) is 16.9 Å². The summed E-state index contributed by atoms with van der Waals surface area (Å²) in [5, 5.41) is 3.62. The van der Waals surface area contributed by atoms with Crippen LogP contribution in [0.4, 0.5) is 11.4 Å². The second-order valence-corrected chi connectivity index (χ2v) is 5.98. The average molecular weight is 230 g/mol. The van der Waals surface area contributed by atoms with Crippen molar-refractivity contribution in [1.82, 2.24) is 0 Å². The van der Waals surface area contributed by atoms with Crippen molar-refractivity contribution in [2.24, 2.45) is 5.41 Å². The number of nitrogens with zero attached hydrogens (tertiary/aromatic N) is 1. The third-order valence-electron chi connectivity index (χ3n) is 3.26. The van der Waals surface area contributed by atoms with Crippen molar-refractivity contribution in [1.29, 1.82) is 0 Å². The Morgan fingerprint density at radius 1 is 1.18 bits per heavy atom. The SMILES string of the molecule is CN(C)c1cccc2c1C=CC(C(C)(C)C)N2. The molecular weight excluding hydrogens is 208 g/mol. The highest BCUT2D eigenvalue weighted by Crippen LogP contribution is 2.35. The van der Waals surface area contributed by atoms with Crippen LogP contribution in [0.5, 0.6) is 0 Å². The van der Waals surface area contributed by atoms with Crippen LogP contribution in [0, 0.1) is 5.41 Å². The van der Waals surface area contributed by atoms with Gasteiger partial charge in [0.1, 0.15) is 0 Å². The van der Waals surface area contributed by atoms with Crippen LogP contribution in [0.2, 0.25) is 0 Å². The number of hydrogen-bond acceptors (Lipinski definition) is 2. The van der Waals surface area contributed by atoms with Crippen molar-refractivity contribution in [3.63, 3.8) is 0 Å². The fourth-order valence-electron chi connectivity index (χ4n) is 2.16. The normalized spacial score (nSPS) is 18.5. The lowest BCUT2D eigenvalue weighted by atomic mass is 9.84. The van der Waals surface area contributed by atoms with Crippen LogP contribution in [0.1, 0.15) is 26.3 Å². The van der Waals surface area contributed by atoms with Crippen LogP contribution in [-0.2, 0) is 0 Å². The molecule has 1 N–H and O–H groups in total. The molecule has 1 atom stereocenters. The number of nitrogens with one attached hydrogen (secondary N) is 1. The molecule has 0 amide bonds. The van der Waals surface area contributed by atoms with Gasteiger partial charge in [0.05, 0.1) is 0 Å². The molecular formula is C15H22N2. The molecule has 0 aliphatic carbocycles. The maximum Gasteiger partial charge on any atom is 0.0496 e. The van der Waals surface area contributed by atoms with E-state index in [0.29, 0.717) is 6.04 Å². The van der Waals surface area contributed by atoms with Crippen molar-refractivity contribution >= 4 is 17.5 Å². The molecule has 0 radical (unpaired) electrons. The molecule has 1 unspecified atom stereocenters. The first-order chi connectivity index (χ1) is 7.89. The monoisotopic (exact) mass is 230 g/mol. The highest BCUT2D eigenvalue weighted by atomic mass is 15.1. The lowest BCUT2D eigenvalue weighted by molar-refractivity contribution is 0.384. The van der Waals surface area contributed by atoms with E-state index in [9.17, 15) is 0 Å². The Hall–Kier alpha value is -1.44. The summed E-state index contributed by atoms with van der Waals surface area (Å²) in [5.41, 5.74) is 4.03. The predicted molar refractivity (Wildman–Crippen MR) is 76.7 cm³/mol. The Kier molecular flexibility index (Phi) is 2.90. The van der Waals surface area contributed by atoms with Crippen molar-refractivity contribution in [2.45, 2.75) is 26.8 Å². The van der Waals surface area contributed by atoms with Crippen LogP contribution < -0.4 is 10.2 Å². The van der Waals surface area contributed by atoms with Gasteiger partial charge in [0, 0.05) is 37.1 Å². The molecule has 92 valence electrons. The van der Waals surface area contributed by atoms with Gasteiger partial charge in [-0.3, -0.25) is 0 Å². The lowest BCUT2D eigenvalue weighted by Gasteiger charge is -2.34. The summed E-state index contributed by atoms with van der Waals surface area (Å²) in [7, 11) is 4.17. The summed E-state index contributed by atoms with van der Waals surface area (Å²) >= 11 is 0. The molecule has 1 aliphatic rings. The molecule has 1 aromatic carbocycles. The number of benzene rings is 1. The maximum absolute atomic E-state index is 3.62. The van der Waals surface area contributed by atoms with Crippen LogP contribution in [0.15, 0.2) is 24.3 Å². The number of anilines is 2. The minimum absolute atomic E-state index is 0.238. The van der Waals surface area contributed by atoms with E-state index in [4.69, 9.17) is 0 Å². The van der Waals surface area contributed by atoms with Crippen LogP contribution in [0.3, 0.4) is 0 Å². The second kappa shape index (κ2) is 4.10. The van der Waals surface area contributed by atoms with Gasteiger partial charge in [0.25, 0.3) is 0 Å². The molecule has 0 aromatic heterocycles. The Balaban J connectivity index is 2.39. The van der Waals surface area contributed by atoms with E-state index in [-0.39, 0.29) is 5.41 Å². The van der Waals surface area contributed by atoms with Gasteiger partial charge in [-0.05, 0) is 17.5 Å². The standard InChI is InChI=1S/C15H22N2/c1-15(2,3)14-10-9-11-12(16-14)7-6-8-13(11)17(4)5/h6-10,14,16H,1-5H3. The van der Waals surface area contributed by atoms with E-state index in [1.807, 2.05) is 0 Å². The van der Waals surface area contributed by atoms with E-state index in [2.05, 4.69) is 75.4 Å². The largest absolute Gasteiger partial charge is 0.378 e. The Morgan fingerprint density at radius 2 is 1.88 bits per heavy atom. The molecule has 1 aromatic rings. The van der Waals surface area contributed by atoms with Gasteiger partial charge < -0.3 is 10.2 Å². The van der Waals surface area contributed by atoms with Gasteiger partial charge in [-0.1, -0.05) is 39.0 Å². The molecule has 0 spiro atoms. The first-order valence-electron chi connectivity index (χ1n) is 6.14. The summed E-state index contributed by atoms with van der Waals surface area (Å²) in [6.45, 7) is 6.78. The summed E-state index contributed by atoms with van der Waals surface area (Å²) in [6, 6.07) is 6.82. The van der Waals surface area contributed by atoms with Crippen LogP contribution in [-0.4, -0.2) is 20.1 Å². The zero-order valence-corrected chi connectivity index (χ0v) is 11.4. The summed E-state index contributed by atoms with van der Waals surface area (Å²) in [4.78, 5) is 2.16. The van der Waals surface area contributed by atoms with E-state index >= 15 is 0 Å². The van der Waals surface area contributed by atoms with Crippen molar-refractivity contribution in [2.75, 3.05) is 24.3 Å². The average Bonchev–Trinajstić information content (AvgIpc) is 2.26. The maximum atomic E-state index is 3.62. The highest BCUT2D eigenvalue weighted by molar-refractivity contribution is 5.81. The van der Waals surface area contributed by atoms with E-state index < -0.39 is 0 Å².